The predicted octanol–water partition coefficient (Wildman–Crippen LogP) is 1.81. The van der Waals surface area contributed by atoms with E-state index >= 15 is 0 Å². The second-order valence-electron chi connectivity index (χ2n) is 4.35. The number of fused-ring (bicyclic) bond motifs is 1. The molecule has 3 heterocycles. The van der Waals surface area contributed by atoms with Gasteiger partial charge in [0.15, 0.2) is 11.5 Å². The Labute approximate surface area is 124 Å². The molecule has 0 aliphatic carbocycles. The van der Waals surface area contributed by atoms with Gasteiger partial charge in [-0.05, 0) is 12.5 Å². The highest BCUT2D eigenvalue weighted by molar-refractivity contribution is 7.18. The number of carbonyl (C=O) groups is 1. The van der Waals surface area contributed by atoms with Crippen LogP contribution < -0.4 is 5.73 Å². The van der Waals surface area contributed by atoms with Crippen LogP contribution in [0.15, 0.2) is 18.6 Å². The highest BCUT2D eigenvalue weighted by Gasteiger charge is 2.18. The zero-order valence-corrected chi connectivity index (χ0v) is 12.3. The number of esters is 1. The Kier molecular flexibility index (Phi) is 3.30. The number of anilines is 1. The van der Waals surface area contributed by atoms with E-state index in [4.69, 9.17) is 5.73 Å². The van der Waals surface area contributed by atoms with Crippen molar-refractivity contribution in [2.45, 2.75) is 13.3 Å². The molecule has 0 saturated carbocycles. The van der Waals surface area contributed by atoms with E-state index in [1.807, 2.05) is 6.07 Å². The molecule has 108 valence electrons. The number of nitrogen functional groups attached to an aromatic ring is 1. The molecule has 0 fully saturated rings. The number of aryl methyl sites for hydroxylation is 1. The third kappa shape index (κ3) is 2.23. The largest absolute Gasteiger partial charge is 0.464 e. The zero-order chi connectivity index (χ0) is 15.0. The normalized spacial score (nSPS) is 11.0. The van der Waals surface area contributed by atoms with E-state index in [1.54, 1.807) is 17.5 Å². The third-order valence-corrected chi connectivity index (χ3v) is 4.23. The Balaban J connectivity index is 2.16. The summed E-state index contributed by atoms with van der Waals surface area (Å²) >= 11 is 1.61. The summed E-state index contributed by atoms with van der Waals surface area (Å²) in [6, 6.07) is 2.03. The molecule has 0 aliphatic heterocycles. The van der Waals surface area contributed by atoms with Crippen LogP contribution in [-0.2, 0) is 11.2 Å². The molecule has 0 spiro atoms. The van der Waals surface area contributed by atoms with Gasteiger partial charge in [0.25, 0.3) is 0 Å². The van der Waals surface area contributed by atoms with Crippen molar-refractivity contribution in [1.82, 2.24) is 19.7 Å². The van der Waals surface area contributed by atoms with Crippen molar-refractivity contribution >= 4 is 33.2 Å². The van der Waals surface area contributed by atoms with Gasteiger partial charge in [0, 0.05) is 4.88 Å². The summed E-state index contributed by atoms with van der Waals surface area (Å²) in [5, 5.41) is 5.05. The second kappa shape index (κ2) is 5.13. The van der Waals surface area contributed by atoms with E-state index in [-0.39, 0.29) is 11.4 Å². The fourth-order valence-electron chi connectivity index (χ4n) is 2.00. The Hall–Kier alpha value is -2.48. The lowest BCUT2D eigenvalue weighted by atomic mass is 10.3. The topological polar surface area (TPSA) is 95.9 Å². The number of nitrogens with two attached hydrogens (primary N) is 1. The average molecular weight is 303 g/mol. The van der Waals surface area contributed by atoms with Gasteiger partial charge in [0.05, 0.1) is 24.4 Å². The van der Waals surface area contributed by atoms with Gasteiger partial charge in [-0.1, -0.05) is 6.92 Å². The van der Waals surface area contributed by atoms with E-state index < -0.39 is 5.97 Å². The molecule has 0 bridgehead atoms. The van der Waals surface area contributed by atoms with Crippen LogP contribution in [0, 0.1) is 0 Å². The molecule has 0 saturated heterocycles. The molecular formula is C13H13N5O2S. The van der Waals surface area contributed by atoms with E-state index in [9.17, 15) is 4.79 Å². The van der Waals surface area contributed by atoms with Crippen molar-refractivity contribution in [3.05, 3.63) is 29.2 Å². The summed E-state index contributed by atoms with van der Waals surface area (Å²) in [6.45, 7) is 2.08. The van der Waals surface area contributed by atoms with E-state index in [0.29, 0.717) is 5.82 Å². The molecule has 8 heteroatoms. The summed E-state index contributed by atoms with van der Waals surface area (Å²) < 4.78 is 6.13. The van der Waals surface area contributed by atoms with Crippen LogP contribution >= 0.6 is 11.3 Å². The number of aromatic nitrogens is 4. The van der Waals surface area contributed by atoms with Gasteiger partial charge in [0.2, 0.25) is 0 Å². The number of ether oxygens (including phenoxy) is 1. The van der Waals surface area contributed by atoms with Gasteiger partial charge in [-0.2, -0.15) is 5.10 Å². The summed E-state index contributed by atoms with van der Waals surface area (Å²) in [6.07, 6.45) is 3.95. The van der Waals surface area contributed by atoms with Crippen molar-refractivity contribution in [3.8, 4) is 5.82 Å². The van der Waals surface area contributed by atoms with Gasteiger partial charge in [-0.25, -0.2) is 19.4 Å². The van der Waals surface area contributed by atoms with Crippen molar-refractivity contribution in [3.63, 3.8) is 0 Å². The molecule has 0 radical (unpaired) electrons. The second-order valence-corrected chi connectivity index (χ2v) is 5.47. The number of thiophene rings is 1. The molecule has 0 aliphatic rings. The number of nitrogens with zero attached hydrogens (tertiary/aromatic N) is 4. The van der Waals surface area contributed by atoms with Crippen LogP contribution in [0.3, 0.4) is 0 Å². The fourth-order valence-corrected chi connectivity index (χ4v) is 2.93. The number of hydrogen-bond donors (Lipinski definition) is 1. The highest BCUT2D eigenvalue weighted by Crippen LogP contribution is 2.28. The molecule has 3 aromatic heterocycles. The Morgan fingerprint density at radius 2 is 2.29 bits per heavy atom. The number of hydrogen-bond acceptors (Lipinski definition) is 7. The third-order valence-electron chi connectivity index (χ3n) is 3.05. The molecule has 21 heavy (non-hydrogen) atoms. The standard InChI is InChI=1S/C13H13N5O2S/c1-3-7-4-8-11(15-6-16-12(8)21-7)18-5-9(14)10(17-18)13(19)20-2/h4-6H,3,14H2,1-2H3. The van der Waals surface area contributed by atoms with Crippen LogP contribution in [-0.4, -0.2) is 32.8 Å². The lowest BCUT2D eigenvalue weighted by molar-refractivity contribution is 0.0594. The summed E-state index contributed by atoms with van der Waals surface area (Å²) in [5.41, 5.74) is 6.13. The van der Waals surface area contributed by atoms with Gasteiger partial charge < -0.3 is 10.5 Å². The first-order valence-electron chi connectivity index (χ1n) is 6.31. The molecule has 3 aromatic rings. The van der Waals surface area contributed by atoms with Crippen LogP contribution in [0.5, 0.6) is 0 Å². The van der Waals surface area contributed by atoms with Crippen LogP contribution in [0.1, 0.15) is 22.3 Å². The molecule has 0 unspecified atom stereocenters. The maximum absolute atomic E-state index is 11.6. The monoisotopic (exact) mass is 303 g/mol. The molecule has 2 N–H and O–H groups in total. The summed E-state index contributed by atoms with van der Waals surface area (Å²) in [5.74, 6) is 0.0221. The molecule has 0 aromatic carbocycles. The maximum atomic E-state index is 11.6. The van der Waals surface area contributed by atoms with Gasteiger partial charge in [0.1, 0.15) is 11.2 Å². The predicted molar refractivity (Wildman–Crippen MR) is 79.7 cm³/mol. The Bertz CT molecular complexity index is 823. The van der Waals surface area contributed by atoms with Crippen molar-refractivity contribution < 1.29 is 9.53 Å². The number of rotatable bonds is 3. The van der Waals surface area contributed by atoms with Crippen molar-refractivity contribution in [1.29, 1.82) is 0 Å². The Morgan fingerprint density at radius 1 is 1.48 bits per heavy atom. The van der Waals surface area contributed by atoms with E-state index in [2.05, 4.69) is 26.7 Å². The van der Waals surface area contributed by atoms with Crippen LogP contribution in [0.4, 0.5) is 5.69 Å². The highest BCUT2D eigenvalue weighted by atomic mass is 32.1. The lowest BCUT2D eigenvalue weighted by Crippen LogP contribution is -2.06. The Morgan fingerprint density at radius 3 is 3.00 bits per heavy atom. The van der Waals surface area contributed by atoms with Gasteiger partial charge >= 0.3 is 5.97 Å². The molecular weight excluding hydrogens is 290 g/mol. The minimum atomic E-state index is -0.573. The minimum absolute atomic E-state index is 0.0789. The first kappa shape index (κ1) is 13.5. The first-order chi connectivity index (χ1) is 10.1. The van der Waals surface area contributed by atoms with Crippen molar-refractivity contribution in [2.75, 3.05) is 12.8 Å². The van der Waals surface area contributed by atoms with Gasteiger partial charge in [-0.3, -0.25) is 0 Å². The lowest BCUT2D eigenvalue weighted by Gasteiger charge is -2.00. The number of carbonyl (C=O) groups excluding carboxylic acids is 1. The zero-order valence-electron chi connectivity index (χ0n) is 11.5. The van der Waals surface area contributed by atoms with Crippen LogP contribution in [0.25, 0.3) is 16.0 Å². The fraction of sp³-hybridized carbons (Fsp3) is 0.231. The van der Waals surface area contributed by atoms with Crippen LogP contribution in [0.2, 0.25) is 0 Å². The molecule has 0 amide bonds. The number of methoxy groups -OCH3 is 1. The SMILES string of the molecule is CCc1cc2c(-n3cc(N)c(C(=O)OC)n3)ncnc2s1. The van der Waals surface area contributed by atoms with E-state index in [0.717, 1.165) is 16.6 Å². The minimum Gasteiger partial charge on any atom is -0.464 e. The quantitative estimate of drug-likeness (QED) is 0.741. The van der Waals surface area contributed by atoms with Crippen molar-refractivity contribution in [2.24, 2.45) is 0 Å². The van der Waals surface area contributed by atoms with E-state index in [1.165, 1.54) is 23.0 Å². The molecule has 0 atom stereocenters. The first-order valence-corrected chi connectivity index (χ1v) is 7.13. The van der Waals surface area contributed by atoms with Gasteiger partial charge in [-0.15, -0.1) is 11.3 Å². The smallest absolute Gasteiger partial charge is 0.360 e. The summed E-state index contributed by atoms with van der Waals surface area (Å²) in [4.78, 5) is 22.2. The maximum Gasteiger partial charge on any atom is 0.360 e. The molecule has 3 rings (SSSR count). The molecule has 7 nitrogen and oxygen atoms in total. The summed E-state index contributed by atoms with van der Waals surface area (Å²) in [7, 11) is 1.29. The average Bonchev–Trinajstić information content (AvgIpc) is 3.09.